The van der Waals surface area contributed by atoms with E-state index in [0.717, 1.165) is 0 Å². The second-order valence-electron chi connectivity index (χ2n) is 5.17. The van der Waals surface area contributed by atoms with E-state index in [1.54, 1.807) is 30.6 Å². The summed E-state index contributed by atoms with van der Waals surface area (Å²) in [5.74, 6) is -2.72. The molecule has 7 nitrogen and oxygen atoms in total. The summed E-state index contributed by atoms with van der Waals surface area (Å²) in [7, 11) is -4.24. The van der Waals surface area contributed by atoms with Gasteiger partial charge in [0.05, 0.1) is 22.0 Å². The second-order valence-corrected chi connectivity index (χ2v) is 7.23. The summed E-state index contributed by atoms with van der Waals surface area (Å²) in [6.45, 7) is 0. The van der Waals surface area contributed by atoms with Crippen LogP contribution in [0.4, 0.5) is 10.1 Å². The van der Waals surface area contributed by atoms with Gasteiger partial charge < -0.3 is 5.11 Å². The average molecular weight is 396 g/mol. The first kappa shape index (κ1) is 17.9. The molecular formula is C16H11ClFN3O4S. The summed E-state index contributed by atoms with van der Waals surface area (Å²) < 4.78 is 42.6. The molecule has 0 radical (unpaired) electrons. The summed E-state index contributed by atoms with van der Waals surface area (Å²) in [6.07, 6.45) is 3.26. The summed E-state index contributed by atoms with van der Waals surface area (Å²) in [5, 5.41) is 12.6. The molecule has 0 bridgehead atoms. The summed E-state index contributed by atoms with van der Waals surface area (Å²) in [4.78, 5) is 10.5. The Morgan fingerprint density at radius 3 is 2.65 bits per heavy atom. The van der Waals surface area contributed by atoms with E-state index in [9.17, 15) is 17.6 Å². The number of carboxylic acid groups (broad SMARTS) is 1. The molecule has 0 saturated heterocycles. The highest BCUT2D eigenvalue weighted by Crippen LogP contribution is 2.27. The number of nitrogens with one attached hydrogen (secondary N) is 1. The monoisotopic (exact) mass is 395 g/mol. The van der Waals surface area contributed by atoms with Crippen molar-refractivity contribution >= 4 is 33.3 Å². The molecule has 0 fully saturated rings. The van der Waals surface area contributed by atoms with Gasteiger partial charge in [-0.2, -0.15) is 5.10 Å². The lowest BCUT2D eigenvalue weighted by Crippen LogP contribution is -2.15. The number of hydrogen-bond acceptors (Lipinski definition) is 4. The molecular weight excluding hydrogens is 385 g/mol. The Bertz CT molecular complexity index is 1080. The molecule has 134 valence electrons. The molecule has 0 spiro atoms. The highest BCUT2D eigenvalue weighted by Gasteiger charge is 2.23. The number of aromatic nitrogens is 2. The zero-order chi connectivity index (χ0) is 18.9. The van der Waals surface area contributed by atoms with Crippen LogP contribution in [0.3, 0.4) is 0 Å². The van der Waals surface area contributed by atoms with E-state index in [1.165, 1.54) is 16.8 Å². The van der Waals surface area contributed by atoms with Crippen molar-refractivity contribution in [1.29, 1.82) is 0 Å². The molecule has 0 aliphatic carbocycles. The normalized spacial score (nSPS) is 11.3. The van der Waals surface area contributed by atoms with Crippen LogP contribution in [-0.4, -0.2) is 29.3 Å². The highest BCUT2D eigenvalue weighted by molar-refractivity contribution is 7.92. The van der Waals surface area contributed by atoms with Gasteiger partial charge in [-0.15, -0.1) is 0 Å². The van der Waals surface area contributed by atoms with Crippen molar-refractivity contribution in [3.8, 4) is 5.69 Å². The van der Waals surface area contributed by atoms with Crippen molar-refractivity contribution in [3.63, 3.8) is 0 Å². The fourth-order valence-corrected chi connectivity index (χ4v) is 3.83. The van der Waals surface area contributed by atoms with Crippen LogP contribution in [0, 0.1) is 5.82 Å². The zero-order valence-corrected chi connectivity index (χ0v) is 14.5. The SMILES string of the molecule is O=C(O)c1cc(S(=O)(=O)Nc2cccc(-n3cccn3)c2)c(Cl)cc1F. The molecule has 0 aliphatic heterocycles. The van der Waals surface area contributed by atoms with Crippen LogP contribution in [0.25, 0.3) is 5.69 Å². The van der Waals surface area contributed by atoms with E-state index in [0.29, 0.717) is 17.8 Å². The Labute approximate surface area is 152 Å². The van der Waals surface area contributed by atoms with Crippen molar-refractivity contribution in [2.45, 2.75) is 4.90 Å². The van der Waals surface area contributed by atoms with Crippen molar-refractivity contribution < 1.29 is 22.7 Å². The quantitative estimate of drug-likeness (QED) is 0.691. The molecule has 1 aromatic heterocycles. The van der Waals surface area contributed by atoms with E-state index in [2.05, 4.69) is 9.82 Å². The van der Waals surface area contributed by atoms with Gasteiger partial charge in [0.25, 0.3) is 10.0 Å². The van der Waals surface area contributed by atoms with Crippen LogP contribution in [0.2, 0.25) is 5.02 Å². The van der Waals surface area contributed by atoms with Gasteiger partial charge in [-0.1, -0.05) is 17.7 Å². The molecule has 0 aliphatic rings. The third-order valence-electron chi connectivity index (χ3n) is 3.41. The first-order chi connectivity index (χ1) is 12.3. The van der Waals surface area contributed by atoms with Gasteiger partial charge in [0.15, 0.2) is 0 Å². The van der Waals surface area contributed by atoms with Crippen LogP contribution >= 0.6 is 11.6 Å². The topological polar surface area (TPSA) is 101 Å². The maximum absolute atomic E-state index is 13.6. The molecule has 1 heterocycles. The Hall–Kier alpha value is -2.91. The molecule has 3 rings (SSSR count). The van der Waals surface area contributed by atoms with Crippen molar-refractivity contribution in [2.24, 2.45) is 0 Å². The second kappa shape index (κ2) is 6.77. The predicted octanol–water partition coefficient (Wildman–Crippen LogP) is 3.16. The number of carboxylic acids is 1. The fourth-order valence-electron chi connectivity index (χ4n) is 2.24. The summed E-state index contributed by atoms with van der Waals surface area (Å²) in [5.41, 5.74) is 0.0157. The lowest BCUT2D eigenvalue weighted by molar-refractivity contribution is 0.0691. The Balaban J connectivity index is 1.99. The minimum absolute atomic E-state index is 0.204. The van der Waals surface area contributed by atoms with Gasteiger partial charge in [-0.3, -0.25) is 4.72 Å². The Morgan fingerprint density at radius 1 is 1.23 bits per heavy atom. The maximum Gasteiger partial charge on any atom is 0.338 e. The molecule has 3 aromatic rings. The number of halogens is 2. The van der Waals surface area contributed by atoms with Crippen molar-refractivity contribution in [1.82, 2.24) is 9.78 Å². The van der Waals surface area contributed by atoms with Crippen LogP contribution < -0.4 is 4.72 Å². The van der Waals surface area contributed by atoms with E-state index >= 15 is 0 Å². The van der Waals surface area contributed by atoms with E-state index in [-0.39, 0.29) is 5.69 Å². The largest absolute Gasteiger partial charge is 0.478 e. The van der Waals surface area contributed by atoms with Crippen molar-refractivity contribution in [3.05, 3.63) is 71.3 Å². The minimum Gasteiger partial charge on any atom is -0.478 e. The predicted molar refractivity (Wildman–Crippen MR) is 92.7 cm³/mol. The van der Waals surface area contributed by atoms with E-state index in [4.69, 9.17) is 16.7 Å². The minimum atomic E-state index is -4.24. The van der Waals surface area contributed by atoms with Gasteiger partial charge in [-0.25, -0.2) is 22.3 Å². The highest BCUT2D eigenvalue weighted by atomic mass is 35.5. The molecule has 2 N–H and O–H groups in total. The zero-order valence-electron chi connectivity index (χ0n) is 12.9. The van der Waals surface area contributed by atoms with E-state index in [1.807, 2.05) is 0 Å². The Kier molecular flexibility index (Phi) is 4.66. The summed E-state index contributed by atoms with van der Waals surface area (Å²) >= 11 is 5.80. The van der Waals surface area contributed by atoms with Gasteiger partial charge in [0.1, 0.15) is 10.7 Å². The van der Waals surface area contributed by atoms with Crippen LogP contribution in [-0.2, 0) is 10.0 Å². The number of aromatic carboxylic acids is 1. The summed E-state index contributed by atoms with van der Waals surface area (Å²) in [6, 6.07) is 9.41. The lowest BCUT2D eigenvalue weighted by atomic mass is 10.2. The molecule has 0 unspecified atom stereocenters. The van der Waals surface area contributed by atoms with E-state index < -0.39 is 37.3 Å². The number of hydrogen-bond donors (Lipinski definition) is 2. The molecule has 0 saturated carbocycles. The number of anilines is 1. The lowest BCUT2D eigenvalue weighted by Gasteiger charge is -2.12. The van der Waals surface area contributed by atoms with Gasteiger partial charge >= 0.3 is 5.97 Å². The molecule has 26 heavy (non-hydrogen) atoms. The Morgan fingerprint density at radius 2 is 2.00 bits per heavy atom. The molecule has 0 atom stereocenters. The maximum atomic E-state index is 13.6. The third-order valence-corrected chi connectivity index (χ3v) is 5.25. The number of nitrogens with zero attached hydrogens (tertiary/aromatic N) is 2. The van der Waals surface area contributed by atoms with Crippen LogP contribution in [0.15, 0.2) is 59.8 Å². The smallest absolute Gasteiger partial charge is 0.338 e. The van der Waals surface area contributed by atoms with Gasteiger partial charge in [-0.05, 0) is 36.4 Å². The molecule has 0 amide bonds. The van der Waals surface area contributed by atoms with Crippen LogP contribution in [0.1, 0.15) is 10.4 Å². The standard InChI is InChI=1S/C16H11ClFN3O4S/c17-13-9-14(18)12(16(22)23)8-15(13)26(24,25)20-10-3-1-4-11(7-10)21-6-2-5-19-21/h1-9,20H,(H,22,23). The number of sulfonamides is 1. The number of rotatable bonds is 5. The number of benzene rings is 2. The first-order valence-electron chi connectivity index (χ1n) is 7.13. The third kappa shape index (κ3) is 3.53. The fraction of sp³-hybridized carbons (Fsp3) is 0. The van der Waals surface area contributed by atoms with Crippen molar-refractivity contribution in [2.75, 3.05) is 4.72 Å². The average Bonchev–Trinajstić information content (AvgIpc) is 3.08. The van der Waals surface area contributed by atoms with Gasteiger partial charge in [0, 0.05) is 12.4 Å². The molecule has 10 heteroatoms. The molecule has 2 aromatic carbocycles. The van der Waals surface area contributed by atoms with Crippen LogP contribution in [0.5, 0.6) is 0 Å². The van der Waals surface area contributed by atoms with Gasteiger partial charge in [0.2, 0.25) is 0 Å². The first-order valence-corrected chi connectivity index (χ1v) is 8.99. The number of carbonyl (C=O) groups is 1.